The summed E-state index contributed by atoms with van der Waals surface area (Å²) in [6, 6.07) is 1.45. The molecule has 144 valence electrons. The second kappa shape index (κ2) is 7.75. The van der Waals surface area contributed by atoms with Gasteiger partial charge in [-0.25, -0.2) is 4.79 Å². The molecule has 2 saturated heterocycles. The van der Waals surface area contributed by atoms with Gasteiger partial charge in [0.15, 0.2) is 0 Å². The zero-order valence-electron chi connectivity index (χ0n) is 15.7. The number of aromatic nitrogens is 2. The average molecular weight is 363 g/mol. The summed E-state index contributed by atoms with van der Waals surface area (Å²) in [6.07, 6.45) is 3.74. The zero-order valence-corrected chi connectivity index (χ0v) is 15.7. The Kier molecular flexibility index (Phi) is 5.62. The first-order chi connectivity index (χ1) is 12.3. The number of aromatic amines is 2. The van der Waals surface area contributed by atoms with Crippen LogP contribution in [0.2, 0.25) is 0 Å². The van der Waals surface area contributed by atoms with Crippen molar-refractivity contribution < 1.29 is 4.79 Å². The maximum Gasteiger partial charge on any atom is 0.325 e. The van der Waals surface area contributed by atoms with E-state index in [-0.39, 0.29) is 16.9 Å². The number of carbonyl (C=O) groups excluding carboxylic acids is 1. The number of nitrogens with one attached hydrogen (secondary N) is 2. The maximum atomic E-state index is 12.3. The van der Waals surface area contributed by atoms with Gasteiger partial charge in [0.1, 0.15) is 0 Å². The predicted octanol–water partition coefficient (Wildman–Crippen LogP) is -0.171. The van der Waals surface area contributed by atoms with E-state index in [4.69, 9.17) is 0 Å². The second-order valence-corrected chi connectivity index (χ2v) is 8.05. The molecule has 3 heterocycles. The molecule has 1 spiro atoms. The van der Waals surface area contributed by atoms with Crippen LogP contribution in [0.15, 0.2) is 15.7 Å². The van der Waals surface area contributed by atoms with E-state index in [1.807, 2.05) is 19.0 Å². The Bertz CT molecular complexity index is 727. The number of piperidine rings is 2. The quantitative estimate of drug-likeness (QED) is 0.758. The summed E-state index contributed by atoms with van der Waals surface area (Å²) < 4.78 is 0. The van der Waals surface area contributed by atoms with Crippen LogP contribution < -0.4 is 11.2 Å². The van der Waals surface area contributed by atoms with E-state index in [2.05, 4.69) is 19.8 Å². The molecule has 26 heavy (non-hydrogen) atoms. The minimum Gasteiger partial charge on any atom is -0.341 e. The highest BCUT2D eigenvalue weighted by molar-refractivity contribution is 5.77. The van der Waals surface area contributed by atoms with E-state index in [9.17, 15) is 14.4 Å². The molecular formula is C18H29N5O3. The Morgan fingerprint density at radius 1 is 1.15 bits per heavy atom. The standard InChI is InChI=1S/C18H29N5O3/c1-21(2)8-9-23-13-18(6-4-16(23)25)5-3-7-22(12-18)11-14-10-15(24)20-17(26)19-14/h10H,3-9,11-13H2,1-2H3,(H2,19,20,24,26). The monoisotopic (exact) mass is 363 g/mol. The van der Waals surface area contributed by atoms with E-state index in [1.54, 1.807) is 0 Å². The first-order valence-electron chi connectivity index (χ1n) is 9.33. The molecule has 8 heteroatoms. The van der Waals surface area contributed by atoms with Crippen LogP contribution in [0.4, 0.5) is 0 Å². The second-order valence-electron chi connectivity index (χ2n) is 8.05. The summed E-state index contributed by atoms with van der Waals surface area (Å²) in [5, 5.41) is 0. The highest BCUT2D eigenvalue weighted by atomic mass is 16.2. The molecule has 2 fully saturated rings. The van der Waals surface area contributed by atoms with Gasteiger partial charge in [-0.05, 0) is 39.9 Å². The average Bonchev–Trinajstić information content (AvgIpc) is 2.55. The third-order valence-electron chi connectivity index (χ3n) is 5.52. The van der Waals surface area contributed by atoms with Crippen molar-refractivity contribution >= 4 is 5.91 Å². The molecule has 1 aromatic rings. The lowest BCUT2D eigenvalue weighted by Gasteiger charge is -2.48. The minimum absolute atomic E-state index is 0.125. The molecule has 3 rings (SSSR count). The van der Waals surface area contributed by atoms with Crippen molar-refractivity contribution in [1.82, 2.24) is 24.7 Å². The lowest BCUT2D eigenvalue weighted by Crippen LogP contribution is -2.54. The number of hydrogen-bond donors (Lipinski definition) is 2. The van der Waals surface area contributed by atoms with Crippen molar-refractivity contribution in [2.45, 2.75) is 32.2 Å². The summed E-state index contributed by atoms with van der Waals surface area (Å²) in [4.78, 5) is 46.6. The van der Waals surface area contributed by atoms with Gasteiger partial charge in [0.05, 0.1) is 0 Å². The molecule has 8 nitrogen and oxygen atoms in total. The largest absolute Gasteiger partial charge is 0.341 e. The van der Waals surface area contributed by atoms with Gasteiger partial charge in [-0.1, -0.05) is 0 Å². The summed E-state index contributed by atoms with van der Waals surface area (Å²) >= 11 is 0. The Morgan fingerprint density at radius 3 is 2.69 bits per heavy atom. The van der Waals surface area contributed by atoms with E-state index < -0.39 is 5.69 Å². The van der Waals surface area contributed by atoms with Crippen molar-refractivity contribution in [3.05, 3.63) is 32.6 Å². The van der Waals surface area contributed by atoms with E-state index in [0.29, 0.717) is 18.7 Å². The molecule has 1 unspecified atom stereocenters. The van der Waals surface area contributed by atoms with Gasteiger partial charge in [0, 0.05) is 56.3 Å². The lowest BCUT2D eigenvalue weighted by atomic mass is 9.73. The molecule has 2 aliphatic rings. The molecule has 2 N–H and O–H groups in total. The molecule has 0 saturated carbocycles. The third kappa shape index (κ3) is 4.62. The van der Waals surface area contributed by atoms with E-state index in [1.165, 1.54) is 6.07 Å². The number of likely N-dealkylation sites (N-methyl/N-ethyl adjacent to an activating group) is 1. The highest BCUT2D eigenvalue weighted by Gasteiger charge is 2.41. The van der Waals surface area contributed by atoms with Crippen molar-refractivity contribution in [1.29, 1.82) is 0 Å². The van der Waals surface area contributed by atoms with Crippen LogP contribution in [-0.4, -0.2) is 77.4 Å². The SMILES string of the molecule is CN(C)CCN1CC2(CCCN(Cc3cc(=O)[nH]c(=O)[nH]3)C2)CCC1=O. The number of carbonyl (C=O) groups is 1. The molecule has 1 atom stereocenters. The summed E-state index contributed by atoms with van der Waals surface area (Å²) in [6.45, 7) is 4.86. The smallest absolute Gasteiger partial charge is 0.325 e. The van der Waals surface area contributed by atoms with Crippen molar-refractivity contribution in [3.8, 4) is 0 Å². The van der Waals surface area contributed by atoms with Crippen LogP contribution in [0.1, 0.15) is 31.4 Å². The van der Waals surface area contributed by atoms with Crippen LogP contribution in [0.25, 0.3) is 0 Å². The van der Waals surface area contributed by atoms with Gasteiger partial charge in [-0.15, -0.1) is 0 Å². The van der Waals surface area contributed by atoms with Gasteiger partial charge in [0.25, 0.3) is 5.56 Å². The van der Waals surface area contributed by atoms with Crippen LogP contribution >= 0.6 is 0 Å². The number of likely N-dealkylation sites (tertiary alicyclic amines) is 2. The summed E-state index contributed by atoms with van der Waals surface area (Å²) in [5.74, 6) is 0.258. The summed E-state index contributed by atoms with van der Waals surface area (Å²) in [7, 11) is 4.05. The van der Waals surface area contributed by atoms with Crippen LogP contribution in [-0.2, 0) is 11.3 Å². The molecule has 2 aliphatic heterocycles. The Morgan fingerprint density at radius 2 is 1.96 bits per heavy atom. The topological polar surface area (TPSA) is 92.5 Å². The fourth-order valence-electron chi connectivity index (χ4n) is 4.25. The normalized spacial score (nSPS) is 24.6. The molecule has 0 bridgehead atoms. The molecule has 0 radical (unpaired) electrons. The maximum absolute atomic E-state index is 12.3. The van der Waals surface area contributed by atoms with Gasteiger partial charge in [-0.2, -0.15) is 0 Å². The lowest BCUT2D eigenvalue weighted by molar-refractivity contribution is -0.139. The highest BCUT2D eigenvalue weighted by Crippen LogP contribution is 2.39. The Balaban J connectivity index is 1.67. The molecular weight excluding hydrogens is 334 g/mol. The first kappa shape index (κ1) is 18.8. The summed E-state index contributed by atoms with van der Waals surface area (Å²) in [5.41, 5.74) is -0.0574. The van der Waals surface area contributed by atoms with Gasteiger partial charge < -0.3 is 14.8 Å². The molecule has 0 aromatic carbocycles. The number of nitrogens with zero attached hydrogens (tertiary/aromatic N) is 3. The molecule has 0 aliphatic carbocycles. The van der Waals surface area contributed by atoms with Crippen molar-refractivity contribution in [2.24, 2.45) is 5.41 Å². The van der Waals surface area contributed by atoms with Crippen molar-refractivity contribution in [3.63, 3.8) is 0 Å². The number of rotatable bonds is 5. The van der Waals surface area contributed by atoms with Crippen LogP contribution in [0.3, 0.4) is 0 Å². The number of amides is 1. The van der Waals surface area contributed by atoms with Gasteiger partial charge >= 0.3 is 5.69 Å². The minimum atomic E-state index is -0.461. The van der Waals surface area contributed by atoms with Gasteiger partial charge in [-0.3, -0.25) is 19.5 Å². The Hall–Kier alpha value is -1.93. The first-order valence-corrected chi connectivity index (χ1v) is 9.33. The fourth-order valence-corrected chi connectivity index (χ4v) is 4.25. The fraction of sp³-hybridized carbons (Fsp3) is 0.722. The Labute approximate surface area is 153 Å². The van der Waals surface area contributed by atoms with Crippen LogP contribution in [0, 0.1) is 5.41 Å². The zero-order chi connectivity index (χ0) is 18.7. The molecule has 1 aromatic heterocycles. The predicted molar refractivity (Wildman–Crippen MR) is 99.0 cm³/mol. The number of hydrogen-bond acceptors (Lipinski definition) is 5. The molecule has 1 amide bonds. The number of H-pyrrole nitrogens is 2. The van der Waals surface area contributed by atoms with Crippen LogP contribution in [0.5, 0.6) is 0 Å². The third-order valence-corrected chi connectivity index (χ3v) is 5.52. The van der Waals surface area contributed by atoms with E-state index in [0.717, 1.165) is 52.0 Å². The van der Waals surface area contributed by atoms with E-state index >= 15 is 0 Å². The van der Waals surface area contributed by atoms with Gasteiger partial charge in [0.2, 0.25) is 5.91 Å². The van der Waals surface area contributed by atoms with Crippen molar-refractivity contribution in [2.75, 3.05) is 46.8 Å².